The molecule has 0 aliphatic rings. The molecule has 2 atom stereocenters. The zero-order valence-corrected chi connectivity index (χ0v) is 38.9. The Morgan fingerprint density at radius 2 is 0.965 bits per heavy atom. The third-order valence-corrected chi connectivity index (χ3v) is 11.2. The number of phosphoric acid groups is 1. The summed E-state index contributed by atoms with van der Waals surface area (Å²) in [5.74, 6) is -0.368. The highest BCUT2D eigenvalue weighted by Gasteiger charge is 2.20. The van der Waals surface area contributed by atoms with Crippen molar-refractivity contribution in [3.63, 3.8) is 0 Å². The van der Waals surface area contributed by atoms with E-state index in [1.807, 2.05) is 21.1 Å². The van der Waals surface area contributed by atoms with Gasteiger partial charge < -0.3 is 27.9 Å². The molecule has 0 rings (SSSR count). The number of likely N-dealkylation sites (N-methyl/N-ethyl adjacent to an activating group) is 1. The van der Waals surface area contributed by atoms with E-state index in [0.717, 1.165) is 38.5 Å². The number of nitrogens with zero attached hydrogens (tertiary/aromatic N) is 1. The fourth-order valence-electron chi connectivity index (χ4n) is 6.49. The molecule has 8 nitrogen and oxygen atoms in total. The summed E-state index contributed by atoms with van der Waals surface area (Å²) in [4.78, 5) is 25.1. The molecule has 0 fully saturated rings. The van der Waals surface area contributed by atoms with E-state index in [1.54, 1.807) is 0 Å². The van der Waals surface area contributed by atoms with Gasteiger partial charge in [-0.05, 0) is 51.4 Å². The molecule has 336 valence electrons. The summed E-state index contributed by atoms with van der Waals surface area (Å²) in [7, 11) is 1.34. The minimum absolute atomic E-state index is 0.0198. The Bertz CT molecular complexity index is 1010. The van der Waals surface area contributed by atoms with Gasteiger partial charge in [-0.15, -0.1) is 0 Å². The highest BCUT2D eigenvalue weighted by molar-refractivity contribution is 7.45. The third-order valence-electron chi connectivity index (χ3n) is 10.2. The van der Waals surface area contributed by atoms with Crippen LogP contribution in [0.3, 0.4) is 0 Å². The summed E-state index contributed by atoms with van der Waals surface area (Å²) in [6, 6.07) is 0. The predicted octanol–water partition coefficient (Wildman–Crippen LogP) is 13.5. The van der Waals surface area contributed by atoms with Crippen LogP contribution in [0.15, 0.2) is 36.5 Å². The second-order valence-corrected chi connectivity index (χ2v) is 18.5. The van der Waals surface area contributed by atoms with E-state index in [-0.39, 0.29) is 32.2 Å². The van der Waals surface area contributed by atoms with Crippen molar-refractivity contribution in [1.82, 2.24) is 0 Å². The second kappa shape index (κ2) is 41.5. The number of quaternary nitrogens is 1. The molecule has 0 saturated heterocycles. The fraction of sp³-hybridized carbons (Fsp3) is 0.854. The van der Waals surface area contributed by atoms with E-state index in [1.165, 1.54) is 141 Å². The van der Waals surface area contributed by atoms with Gasteiger partial charge in [-0.25, -0.2) is 0 Å². The average molecular weight is 826 g/mol. The van der Waals surface area contributed by atoms with Crippen LogP contribution in [0.1, 0.15) is 206 Å². The SMILES string of the molecule is CCCCC/C=C\C/C=C\C/C=C\CCCCC(=O)O[C@H](COCCCCCCCCCCCCCCCCCCCCCC)COP(=O)([O-])OCC[N+](C)(C)C. The van der Waals surface area contributed by atoms with Gasteiger partial charge in [0.1, 0.15) is 19.3 Å². The highest BCUT2D eigenvalue weighted by Crippen LogP contribution is 2.38. The van der Waals surface area contributed by atoms with Crippen LogP contribution >= 0.6 is 7.82 Å². The molecule has 0 spiro atoms. The summed E-state index contributed by atoms with van der Waals surface area (Å²) in [5.41, 5.74) is 0. The number of carbonyl (C=O) groups is 1. The highest BCUT2D eigenvalue weighted by atomic mass is 31.2. The van der Waals surface area contributed by atoms with Crippen molar-refractivity contribution in [3.05, 3.63) is 36.5 Å². The monoisotopic (exact) mass is 826 g/mol. The maximum atomic E-state index is 12.7. The first-order valence-corrected chi connectivity index (χ1v) is 25.2. The lowest BCUT2D eigenvalue weighted by atomic mass is 10.0. The van der Waals surface area contributed by atoms with Gasteiger partial charge in [0.25, 0.3) is 7.82 Å². The van der Waals surface area contributed by atoms with Gasteiger partial charge in [-0.1, -0.05) is 185 Å². The Morgan fingerprint density at radius 1 is 0.544 bits per heavy atom. The number of unbranched alkanes of at least 4 members (excludes halogenated alkanes) is 24. The number of carbonyl (C=O) groups excluding carboxylic acids is 1. The van der Waals surface area contributed by atoms with Gasteiger partial charge in [-0.2, -0.15) is 0 Å². The average Bonchev–Trinajstić information content (AvgIpc) is 3.16. The Hall–Kier alpha value is -1.28. The summed E-state index contributed by atoms with van der Waals surface area (Å²) >= 11 is 0. The van der Waals surface area contributed by atoms with Gasteiger partial charge in [0.15, 0.2) is 0 Å². The number of allylic oxidation sites excluding steroid dienone is 6. The first-order valence-electron chi connectivity index (χ1n) is 23.7. The Labute approximate surface area is 353 Å². The lowest BCUT2D eigenvalue weighted by Gasteiger charge is -2.28. The molecule has 0 aromatic carbocycles. The molecular formula is C48H92NO7P. The van der Waals surface area contributed by atoms with Crippen molar-refractivity contribution in [2.45, 2.75) is 213 Å². The standard InChI is InChI=1S/C48H92NO7P/c1-6-8-10-12-14-16-18-20-22-23-24-25-26-28-30-32-34-36-38-40-43-53-45-47(46-55-57(51,52)54-44-42-49(3,4)5)56-48(50)41-39-37-35-33-31-29-27-21-19-17-15-13-11-9-7-2/h15,17,21,27,31,33,47H,6-14,16,18-20,22-26,28-30,32,34-46H2,1-5H3/b17-15-,27-21-,33-31-/t47-/m1/s1. The molecule has 0 amide bonds. The van der Waals surface area contributed by atoms with Crippen molar-refractivity contribution in [3.8, 4) is 0 Å². The van der Waals surface area contributed by atoms with Crippen molar-refractivity contribution < 1.29 is 37.3 Å². The molecule has 0 saturated carbocycles. The minimum Gasteiger partial charge on any atom is -0.756 e. The van der Waals surface area contributed by atoms with Gasteiger partial charge >= 0.3 is 5.97 Å². The molecule has 0 bridgehead atoms. The van der Waals surface area contributed by atoms with Gasteiger partial charge in [0, 0.05) is 13.0 Å². The molecule has 0 aromatic rings. The normalized spacial score (nSPS) is 14.0. The molecule has 0 radical (unpaired) electrons. The largest absolute Gasteiger partial charge is 0.756 e. The van der Waals surface area contributed by atoms with E-state index in [9.17, 15) is 14.3 Å². The summed E-state index contributed by atoms with van der Waals surface area (Å²) in [5, 5.41) is 0. The summed E-state index contributed by atoms with van der Waals surface area (Å²) in [6.45, 7) is 5.36. The number of hydrogen-bond acceptors (Lipinski definition) is 7. The quantitative estimate of drug-likeness (QED) is 0.0198. The second-order valence-electron chi connectivity index (χ2n) is 17.1. The van der Waals surface area contributed by atoms with Crippen LogP contribution in [0.2, 0.25) is 0 Å². The maximum absolute atomic E-state index is 12.7. The Morgan fingerprint density at radius 3 is 1.44 bits per heavy atom. The van der Waals surface area contributed by atoms with Crippen molar-refractivity contribution in [2.75, 3.05) is 54.1 Å². The van der Waals surface area contributed by atoms with E-state index in [2.05, 4.69) is 50.3 Å². The molecule has 9 heteroatoms. The van der Waals surface area contributed by atoms with Crippen molar-refractivity contribution in [2.24, 2.45) is 0 Å². The molecule has 0 aliphatic carbocycles. The van der Waals surface area contributed by atoms with Crippen LogP contribution in [-0.2, 0) is 27.9 Å². The zero-order chi connectivity index (χ0) is 42.0. The molecule has 0 heterocycles. The Balaban J connectivity index is 4.20. The lowest BCUT2D eigenvalue weighted by molar-refractivity contribution is -0.870. The third kappa shape index (κ3) is 45.7. The van der Waals surface area contributed by atoms with Crippen LogP contribution in [0, 0.1) is 0 Å². The van der Waals surface area contributed by atoms with E-state index < -0.39 is 13.9 Å². The number of rotatable bonds is 44. The van der Waals surface area contributed by atoms with E-state index in [4.69, 9.17) is 18.5 Å². The van der Waals surface area contributed by atoms with Gasteiger partial charge in [-0.3, -0.25) is 9.36 Å². The molecule has 0 aliphatic heterocycles. The van der Waals surface area contributed by atoms with E-state index in [0.29, 0.717) is 24.1 Å². The van der Waals surface area contributed by atoms with Crippen molar-refractivity contribution in [1.29, 1.82) is 0 Å². The summed E-state index contributed by atoms with van der Waals surface area (Å²) < 4.78 is 34.6. The van der Waals surface area contributed by atoms with E-state index >= 15 is 0 Å². The predicted molar refractivity (Wildman–Crippen MR) is 240 cm³/mol. The fourth-order valence-corrected chi connectivity index (χ4v) is 7.22. The van der Waals surface area contributed by atoms with Crippen molar-refractivity contribution >= 4 is 13.8 Å². The molecular weight excluding hydrogens is 734 g/mol. The minimum atomic E-state index is -4.53. The topological polar surface area (TPSA) is 94.1 Å². The first-order chi connectivity index (χ1) is 27.6. The molecule has 0 aromatic heterocycles. The number of ether oxygens (including phenoxy) is 2. The summed E-state index contributed by atoms with van der Waals surface area (Å²) in [6.07, 6.45) is 48.8. The van der Waals surface area contributed by atoms with Crippen LogP contribution in [0.4, 0.5) is 0 Å². The number of phosphoric ester groups is 1. The van der Waals surface area contributed by atoms with Crippen LogP contribution in [0.25, 0.3) is 0 Å². The maximum Gasteiger partial charge on any atom is 0.306 e. The van der Waals surface area contributed by atoms with Crippen LogP contribution in [0.5, 0.6) is 0 Å². The molecule has 0 N–H and O–H groups in total. The molecule has 57 heavy (non-hydrogen) atoms. The Kier molecular flexibility index (Phi) is 40.5. The van der Waals surface area contributed by atoms with Crippen LogP contribution < -0.4 is 4.89 Å². The van der Waals surface area contributed by atoms with Gasteiger partial charge in [0.05, 0.1) is 34.4 Å². The number of hydrogen-bond donors (Lipinski definition) is 0. The first kappa shape index (κ1) is 55.7. The zero-order valence-electron chi connectivity index (χ0n) is 38.0. The molecule has 1 unspecified atom stereocenters. The van der Waals surface area contributed by atoms with Crippen LogP contribution in [-0.4, -0.2) is 70.7 Å². The lowest BCUT2D eigenvalue weighted by Crippen LogP contribution is -2.37. The smallest absolute Gasteiger partial charge is 0.306 e. The number of esters is 1. The van der Waals surface area contributed by atoms with Gasteiger partial charge in [0.2, 0.25) is 0 Å².